The van der Waals surface area contributed by atoms with Gasteiger partial charge in [-0.1, -0.05) is 37.6 Å². The summed E-state index contributed by atoms with van der Waals surface area (Å²) < 4.78 is 5.31. The van der Waals surface area contributed by atoms with Gasteiger partial charge in [0.05, 0.1) is 4.91 Å². The molecule has 0 N–H and O–H groups in total. The van der Waals surface area contributed by atoms with Gasteiger partial charge in [0.2, 0.25) is 0 Å². The lowest BCUT2D eigenvalue weighted by Crippen LogP contribution is -2.01. The summed E-state index contributed by atoms with van der Waals surface area (Å²) in [5.41, 5.74) is 0. The van der Waals surface area contributed by atoms with E-state index in [0.29, 0.717) is 6.61 Å². The van der Waals surface area contributed by atoms with Gasteiger partial charge in [-0.25, -0.2) is 0 Å². The summed E-state index contributed by atoms with van der Waals surface area (Å²) >= 11 is 1.59. The van der Waals surface area contributed by atoms with E-state index in [9.17, 15) is 0 Å². The summed E-state index contributed by atoms with van der Waals surface area (Å²) in [4.78, 5) is 2.00. The van der Waals surface area contributed by atoms with E-state index in [2.05, 4.69) is 19.7 Å². The van der Waals surface area contributed by atoms with Gasteiger partial charge in [-0.15, -0.1) is 0 Å². The van der Waals surface area contributed by atoms with Gasteiger partial charge in [0, 0.05) is 4.91 Å². The maximum Gasteiger partial charge on any atom is 0.133 e. The topological polar surface area (TPSA) is 9.23 Å². The van der Waals surface area contributed by atoms with Crippen molar-refractivity contribution in [2.45, 2.75) is 0 Å². The maximum absolute atomic E-state index is 5.31. The first-order valence-electron chi connectivity index (χ1n) is 3.25. The molecule has 0 saturated heterocycles. The Labute approximate surface area is 71.1 Å². The van der Waals surface area contributed by atoms with Gasteiger partial charge in [-0.05, 0) is 6.08 Å². The number of hydrogen-bond acceptors (Lipinski definition) is 2. The van der Waals surface area contributed by atoms with Crippen LogP contribution in [0.5, 0.6) is 0 Å². The Morgan fingerprint density at radius 2 is 2.09 bits per heavy atom. The van der Waals surface area contributed by atoms with Gasteiger partial charge >= 0.3 is 0 Å². The van der Waals surface area contributed by atoms with Gasteiger partial charge in [-0.2, -0.15) is 0 Å². The fraction of sp³-hybridized carbons (Fsp3) is 0.111. The number of ether oxygens (including phenoxy) is 1. The fourth-order valence-corrected chi connectivity index (χ4v) is 1.52. The molecule has 58 valence electrons. The van der Waals surface area contributed by atoms with E-state index in [1.54, 1.807) is 23.9 Å². The second kappa shape index (κ2) is 3.49. The van der Waals surface area contributed by atoms with E-state index >= 15 is 0 Å². The highest BCUT2D eigenvalue weighted by Gasteiger charge is 2.11. The fourth-order valence-electron chi connectivity index (χ4n) is 0.766. The van der Waals surface area contributed by atoms with Crippen LogP contribution in [0.3, 0.4) is 0 Å². The molecule has 0 aromatic heterocycles. The zero-order valence-corrected chi connectivity index (χ0v) is 7.12. The van der Waals surface area contributed by atoms with Crippen LogP contribution in [0.1, 0.15) is 0 Å². The summed E-state index contributed by atoms with van der Waals surface area (Å²) in [5.74, 6) is 0.803. The first kappa shape index (κ1) is 8.21. The molecule has 0 radical (unpaired) electrons. The quantitative estimate of drug-likeness (QED) is 0.623. The number of allylic oxidation sites excluding steroid dienone is 2. The van der Waals surface area contributed by atoms with Crippen LogP contribution >= 0.6 is 11.8 Å². The largest absolute Gasteiger partial charge is 0.487 e. The molecule has 0 spiro atoms. The molecule has 0 atom stereocenters. The molecule has 11 heavy (non-hydrogen) atoms. The van der Waals surface area contributed by atoms with Crippen LogP contribution in [-0.4, -0.2) is 6.61 Å². The SMILES string of the molecule is C=CC1=C(C=C)SC(=C)CO1. The predicted octanol–water partition coefficient (Wildman–Crippen LogP) is 2.85. The number of rotatable bonds is 2. The van der Waals surface area contributed by atoms with E-state index < -0.39 is 0 Å². The van der Waals surface area contributed by atoms with Gasteiger partial charge in [0.1, 0.15) is 12.4 Å². The van der Waals surface area contributed by atoms with Gasteiger partial charge < -0.3 is 4.74 Å². The number of hydrogen-bond donors (Lipinski definition) is 0. The van der Waals surface area contributed by atoms with Crippen LogP contribution in [0.15, 0.2) is 47.5 Å². The van der Waals surface area contributed by atoms with Gasteiger partial charge in [0.15, 0.2) is 0 Å². The van der Waals surface area contributed by atoms with Crippen LogP contribution in [0.4, 0.5) is 0 Å². The molecule has 1 aliphatic rings. The van der Waals surface area contributed by atoms with Crippen LogP contribution in [0.25, 0.3) is 0 Å². The normalized spacial score (nSPS) is 17.6. The molecule has 1 nitrogen and oxygen atoms in total. The molecule has 0 amide bonds. The van der Waals surface area contributed by atoms with Crippen molar-refractivity contribution < 1.29 is 4.74 Å². The molecular formula is C9H10OS. The molecule has 0 aliphatic carbocycles. The van der Waals surface area contributed by atoms with Gasteiger partial charge in [0.25, 0.3) is 0 Å². The molecule has 0 saturated carbocycles. The standard InChI is InChI=1S/C9H10OS/c1-4-8-9(5-2)11-7(3)6-10-8/h4-5H,1-3,6H2. The van der Waals surface area contributed by atoms with Gasteiger partial charge in [-0.3, -0.25) is 0 Å². The molecule has 1 heterocycles. The highest BCUT2D eigenvalue weighted by Crippen LogP contribution is 2.33. The van der Waals surface area contributed by atoms with Crippen molar-refractivity contribution in [2.24, 2.45) is 0 Å². The first-order valence-corrected chi connectivity index (χ1v) is 4.07. The lowest BCUT2D eigenvalue weighted by atomic mass is 10.4. The summed E-state index contributed by atoms with van der Waals surface area (Å²) in [6.07, 6.45) is 3.45. The van der Waals surface area contributed by atoms with E-state index in [0.717, 1.165) is 15.6 Å². The first-order chi connectivity index (χ1) is 5.27. The van der Waals surface area contributed by atoms with E-state index in [1.807, 2.05) is 0 Å². The molecular weight excluding hydrogens is 156 g/mol. The van der Waals surface area contributed by atoms with E-state index in [1.165, 1.54) is 0 Å². The molecule has 1 rings (SSSR count). The highest BCUT2D eigenvalue weighted by atomic mass is 32.2. The molecule has 0 aromatic carbocycles. The van der Waals surface area contributed by atoms with Crippen molar-refractivity contribution in [2.75, 3.05) is 6.61 Å². The molecule has 2 heteroatoms. The molecule has 0 aromatic rings. The Morgan fingerprint density at radius 3 is 2.64 bits per heavy atom. The van der Waals surface area contributed by atoms with Crippen molar-refractivity contribution in [1.82, 2.24) is 0 Å². The number of thioether (sulfide) groups is 1. The monoisotopic (exact) mass is 166 g/mol. The second-order valence-electron chi connectivity index (χ2n) is 2.07. The average molecular weight is 166 g/mol. The average Bonchev–Trinajstić information content (AvgIpc) is 2.04. The molecule has 1 aliphatic heterocycles. The predicted molar refractivity (Wildman–Crippen MR) is 50.1 cm³/mol. The van der Waals surface area contributed by atoms with Crippen LogP contribution in [-0.2, 0) is 4.74 Å². The van der Waals surface area contributed by atoms with Crippen LogP contribution in [0.2, 0.25) is 0 Å². The second-order valence-corrected chi connectivity index (χ2v) is 3.29. The van der Waals surface area contributed by atoms with Crippen LogP contribution < -0.4 is 0 Å². The maximum atomic E-state index is 5.31. The molecule has 0 unspecified atom stereocenters. The minimum absolute atomic E-state index is 0.573. The third-order valence-electron chi connectivity index (χ3n) is 1.26. The minimum Gasteiger partial charge on any atom is -0.487 e. The third-order valence-corrected chi connectivity index (χ3v) is 2.25. The summed E-state index contributed by atoms with van der Waals surface area (Å²) in [6.45, 7) is 11.7. The minimum atomic E-state index is 0.573. The molecule has 0 fully saturated rings. The summed E-state index contributed by atoms with van der Waals surface area (Å²) in [6, 6.07) is 0. The van der Waals surface area contributed by atoms with E-state index in [-0.39, 0.29) is 0 Å². The van der Waals surface area contributed by atoms with Crippen LogP contribution in [0, 0.1) is 0 Å². The van der Waals surface area contributed by atoms with Crippen molar-refractivity contribution in [3.8, 4) is 0 Å². The Balaban J connectivity index is 2.91. The third kappa shape index (κ3) is 1.77. The Morgan fingerprint density at radius 1 is 1.36 bits per heavy atom. The Bertz CT molecular complexity index is 238. The Kier molecular flexibility index (Phi) is 2.60. The smallest absolute Gasteiger partial charge is 0.133 e. The van der Waals surface area contributed by atoms with Crippen molar-refractivity contribution in [3.63, 3.8) is 0 Å². The zero-order valence-electron chi connectivity index (χ0n) is 6.30. The summed E-state index contributed by atoms with van der Waals surface area (Å²) in [5, 5.41) is 0. The lowest BCUT2D eigenvalue weighted by molar-refractivity contribution is 0.256. The van der Waals surface area contributed by atoms with Crippen molar-refractivity contribution in [1.29, 1.82) is 0 Å². The van der Waals surface area contributed by atoms with Crippen molar-refractivity contribution in [3.05, 3.63) is 47.5 Å². The molecule has 0 bridgehead atoms. The lowest BCUT2D eigenvalue weighted by Gasteiger charge is -2.17. The zero-order chi connectivity index (χ0) is 8.27. The highest BCUT2D eigenvalue weighted by molar-refractivity contribution is 8.07. The summed E-state index contributed by atoms with van der Waals surface area (Å²) in [7, 11) is 0. The Hall–Kier alpha value is -0.890. The van der Waals surface area contributed by atoms with Crippen molar-refractivity contribution >= 4 is 11.8 Å². The van der Waals surface area contributed by atoms with E-state index in [4.69, 9.17) is 4.74 Å².